The normalized spacial score (nSPS) is 12.8. The summed E-state index contributed by atoms with van der Waals surface area (Å²) in [7, 11) is 3.95. The van der Waals surface area contributed by atoms with Gasteiger partial charge in [0.25, 0.3) is 0 Å². The first kappa shape index (κ1) is 21.9. The molecule has 11 heteroatoms. The van der Waals surface area contributed by atoms with E-state index in [-0.39, 0.29) is 12.4 Å². The molecule has 1 N–H and O–H groups in total. The minimum Gasteiger partial charge on any atom is -0.493 e. The van der Waals surface area contributed by atoms with E-state index in [9.17, 15) is 9.65 Å². The first-order valence-corrected chi connectivity index (χ1v) is 11.5. The zero-order valence-corrected chi connectivity index (χ0v) is 19.7. The smallest absolute Gasteiger partial charge is 0.210 e. The Labute approximate surface area is 205 Å². The first-order chi connectivity index (χ1) is 17.5. The van der Waals surface area contributed by atoms with E-state index in [0.717, 1.165) is 28.1 Å². The Kier molecular flexibility index (Phi) is 5.23. The van der Waals surface area contributed by atoms with Gasteiger partial charge in [-0.25, -0.2) is 14.4 Å². The van der Waals surface area contributed by atoms with Gasteiger partial charge in [0, 0.05) is 53.7 Å². The number of anilines is 1. The van der Waals surface area contributed by atoms with E-state index in [2.05, 4.69) is 31.6 Å². The lowest BCUT2D eigenvalue weighted by molar-refractivity contribution is 0.356. The molecule has 4 aromatic heterocycles. The van der Waals surface area contributed by atoms with Gasteiger partial charge in [0.1, 0.15) is 35.3 Å². The zero-order valence-electron chi connectivity index (χ0n) is 19.7. The number of imidazole rings is 1. The Morgan fingerprint density at radius 3 is 2.86 bits per heavy atom. The van der Waals surface area contributed by atoms with Gasteiger partial charge in [-0.2, -0.15) is 5.26 Å². The highest BCUT2D eigenvalue weighted by molar-refractivity contribution is 5.86. The van der Waals surface area contributed by atoms with E-state index in [0.29, 0.717) is 48.1 Å². The maximum absolute atomic E-state index is 14.6. The molecular weight excluding hydrogens is 461 g/mol. The molecule has 0 fully saturated rings. The van der Waals surface area contributed by atoms with E-state index in [1.165, 1.54) is 6.07 Å². The number of aromatic nitrogens is 6. The molecule has 0 radical (unpaired) electrons. The second-order valence-corrected chi connectivity index (χ2v) is 8.87. The molecule has 0 saturated carbocycles. The van der Waals surface area contributed by atoms with Gasteiger partial charge in [0.15, 0.2) is 5.65 Å². The van der Waals surface area contributed by atoms with E-state index in [1.807, 2.05) is 35.5 Å². The number of pyridine rings is 1. The number of hydrogen-bond donors (Lipinski definition) is 1. The molecule has 5 heterocycles. The minimum atomic E-state index is -0.281. The molecule has 0 atom stereocenters. The number of nitrogens with zero attached hydrogens (tertiary/aromatic N) is 8. The van der Waals surface area contributed by atoms with Crippen LogP contribution in [0, 0.1) is 17.1 Å². The first-order valence-electron chi connectivity index (χ1n) is 11.5. The van der Waals surface area contributed by atoms with Crippen LogP contribution in [0.4, 0.5) is 10.3 Å². The molecule has 5 aromatic rings. The second-order valence-electron chi connectivity index (χ2n) is 8.87. The molecule has 10 nitrogen and oxygen atoms in total. The number of fused-ring (bicyclic) bond motifs is 3. The summed E-state index contributed by atoms with van der Waals surface area (Å²) >= 11 is 0. The average Bonchev–Trinajstić information content (AvgIpc) is 3.62. The number of benzene rings is 1. The summed E-state index contributed by atoms with van der Waals surface area (Å²) in [6.45, 7) is 1.44. The Hall–Kier alpha value is -4.56. The van der Waals surface area contributed by atoms with Crippen LogP contribution in [0.2, 0.25) is 0 Å². The van der Waals surface area contributed by atoms with Crippen molar-refractivity contribution in [2.75, 3.05) is 26.0 Å². The van der Waals surface area contributed by atoms with Crippen molar-refractivity contribution in [2.24, 2.45) is 0 Å². The Balaban J connectivity index is 1.40. The molecular formula is C25H22FN9O. The summed E-state index contributed by atoms with van der Waals surface area (Å²) in [5.74, 6) is 0.927. The number of nitrogens with one attached hydrogen (secondary N) is 1. The Bertz CT molecular complexity index is 1660. The topological polar surface area (TPSA) is 109 Å². The summed E-state index contributed by atoms with van der Waals surface area (Å²) in [5.41, 5.74) is 5.55. The van der Waals surface area contributed by atoms with Gasteiger partial charge < -0.3 is 15.0 Å². The van der Waals surface area contributed by atoms with Crippen molar-refractivity contribution in [1.82, 2.24) is 33.9 Å². The predicted molar refractivity (Wildman–Crippen MR) is 130 cm³/mol. The Morgan fingerprint density at radius 1 is 1.14 bits per heavy atom. The van der Waals surface area contributed by atoms with Crippen molar-refractivity contribution in [3.05, 3.63) is 71.3 Å². The summed E-state index contributed by atoms with van der Waals surface area (Å²) in [5, 5.41) is 21.3. The third-order valence-corrected chi connectivity index (χ3v) is 6.31. The lowest BCUT2D eigenvalue weighted by atomic mass is 10.0. The maximum Gasteiger partial charge on any atom is 0.210 e. The standard InChI is InChI=1S/C25H22FN9O/c1-33(2)13-15-3-4-18(23-28-10-16(9-27)35(15)23)20-12-30-25(34-14-31-32-24(20)34)29-11-19-17-7-8-36-22(17)6-5-21(19)26/h3-6,10,12,14H,7-8,11,13H2,1-2H3,(H,29,30). The lowest BCUT2D eigenvalue weighted by Crippen LogP contribution is -2.14. The zero-order chi connectivity index (χ0) is 24.8. The van der Waals surface area contributed by atoms with Crippen molar-refractivity contribution in [3.8, 4) is 22.9 Å². The monoisotopic (exact) mass is 483 g/mol. The van der Waals surface area contributed by atoms with Gasteiger partial charge in [-0.15, -0.1) is 10.2 Å². The van der Waals surface area contributed by atoms with Gasteiger partial charge in [0.2, 0.25) is 5.95 Å². The second kappa shape index (κ2) is 8.58. The van der Waals surface area contributed by atoms with Crippen molar-refractivity contribution in [1.29, 1.82) is 5.26 Å². The van der Waals surface area contributed by atoms with Crippen LogP contribution in [0.1, 0.15) is 22.5 Å². The van der Waals surface area contributed by atoms with E-state index in [4.69, 9.17) is 4.74 Å². The van der Waals surface area contributed by atoms with Crippen LogP contribution < -0.4 is 10.1 Å². The number of ether oxygens (including phenoxy) is 1. The molecule has 0 unspecified atom stereocenters. The molecule has 0 spiro atoms. The summed E-state index contributed by atoms with van der Waals surface area (Å²) in [6, 6.07) is 9.26. The molecule has 6 rings (SSSR count). The van der Waals surface area contributed by atoms with Gasteiger partial charge in [-0.05, 0) is 38.4 Å². The van der Waals surface area contributed by atoms with Gasteiger partial charge in [-0.3, -0.25) is 8.80 Å². The Morgan fingerprint density at radius 2 is 2.03 bits per heavy atom. The summed E-state index contributed by atoms with van der Waals surface area (Å²) in [4.78, 5) is 11.2. The van der Waals surface area contributed by atoms with Crippen LogP contribution in [0.5, 0.6) is 5.75 Å². The van der Waals surface area contributed by atoms with Crippen LogP contribution in [0.3, 0.4) is 0 Å². The number of rotatable bonds is 6. The number of hydrogen-bond acceptors (Lipinski definition) is 8. The van der Waals surface area contributed by atoms with Crippen molar-refractivity contribution in [3.63, 3.8) is 0 Å². The molecule has 0 bridgehead atoms. The SMILES string of the molecule is CN(C)Cc1ccc(-c2cnc(NCc3c(F)ccc4c3CCO4)n3cnnc23)c2ncc(C#N)n12. The number of halogens is 1. The van der Waals surface area contributed by atoms with Crippen molar-refractivity contribution in [2.45, 2.75) is 19.5 Å². The van der Waals surface area contributed by atoms with Crippen LogP contribution in [-0.4, -0.2) is 54.6 Å². The van der Waals surface area contributed by atoms with Gasteiger partial charge in [-0.1, -0.05) is 0 Å². The van der Waals surface area contributed by atoms with Crippen LogP contribution in [0.25, 0.3) is 22.4 Å². The van der Waals surface area contributed by atoms with E-state index < -0.39 is 0 Å². The predicted octanol–water partition coefficient (Wildman–Crippen LogP) is 3.06. The molecule has 180 valence electrons. The fourth-order valence-electron chi connectivity index (χ4n) is 4.71. The summed E-state index contributed by atoms with van der Waals surface area (Å²) in [6.07, 6.45) is 5.50. The third kappa shape index (κ3) is 3.50. The van der Waals surface area contributed by atoms with Gasteiger partial charge >= 0.3 is 0 Å². The summed E-state index contributed by atoms with van der Waals surface area (Å²) < 4.78 is 23.8. The molecule has 0 aliphatic carbocycles. The van der Waals surface area contributed by atoms with Crippen LogP contribution in [-0.2, 0) is 19.5 Å². The maximum atomic E-state index is 14.6. The molecule has 0 amide bonds. The molecule has 1 aliphatic heterocycles. The van der Waals surface area contributed by atoms with Crippen molar-refractivity contribution < 1.29 is 9.13 Å². The highest BCUT2D eigenvalue weighted by Gasteiger charge is 2.21. The fraction of sp³-hybridized carbons (Fsp3) is 0.240. The highest BCUT2D eigenvalue weighted by Crippen LogP contribution is 2.32. The number of nitriles is 1. The van der Waals surface area contributed by atoms with Crippen LogP contribution in [0.15, 0.2) is 43.0 Å². The van der Waals surface area contributed by atoms with Crippen LogP contribution >= 0.6 is 0 Å². The molecule has 1 aliphatic rings. The fourth-order valence-corrected chi connectivity index (χ4v) is 4.71. The van der Waals surface area contributed by atoms with Gasteiger partial charge in [0.05, 0.1) is 12.8 Å². The molecule has 36 heavy (non-hydrogen) atoms. The molecule has 1 aromatic carbocycles. The van der Waals surface area contributed by atoms with E-state index >= 15 is 0 Å². The average molecular weight is 484 g/mol. The third-order valence-electron chi connectivity index (χ3n) is 6.31. The highest BCUT2D eigenvalue weighted by atomic mass is 19.1. The largest absolute Gasteiger partial charge is 0.493 e. The lowest BCUT2D eigenvalue weighted by Gasteiger charge is -2.15. The van der Waals surface area contributed by atoms with E-state index in [1.54, 1.807) is 29.2 Å². The van der Waals surface area contributed by atoms with Crippen molar-refractivity contribution >= 4 is 17.2 Å². The quantitative estimate of drug-likeness (QED) is 0.393. The molecule has 0 saturated heterocycles. The minimum absolute atomic E-state index is 0.243.